The fourth-order valence-corrected chi connectivity index (χ4v) is 1.68. The highest BCUT2D eigenvalue weighted by atomic mass is 35.5. The molecule has 0 N–H and O–H groups in total. The summed E-state index contributed by atoms with van der Waals surface area (Å²) in [6, 6.07) is 0. The summed E-state index contributed by atoms with van der Waals surface area (Å²) in [5, 5.41) is 3.44. The quantitative estimate of drug-likeness (QED) is 0.719. The lowest BCUT2D eigenvalue weighted by Gasteiger charge is -2.06. The van der Waals surface area contributed by atoms with Gasteiger partial charge in [0.05, 0.1) is 10.7 Å². The Hall–Kier alpha value is -0.710. The van der Waals surface area contributed by atoms with E-state index in [0.29, 0.717) is 0 Å². The predicted octanol–water partition coefficient (Wildman–Crippen LogP) is 3.22. The van der Waals surface area contributed by atoms with Crippen LogP contribution in [0.2, 0.25) is 5.02 Å². The number of alkyl halides is 3. The third-order valence-corrected chi connectivity index (χ3v) is 2.20. The molecule has 80 valence electrons. The lowest BCUT2D eigenvalue weighted by molar-refractivity contribution is -0.143. The number of hydrogen-bond acceptors (Lipinski definition) is 1. The third-order valence-electron chi connectivity index (χ3n) is 1.83. The van der Waals surface area contributed by atoms with Crippen LogP contribution in [-0.4, -0.2) is 9.78 Å². The maximum absolute atomic E-state index is 12.4. The van der Waals surface area contributed by atoms with Gasteiger partial charge >= 0.3 is 6.18 Å². The van der Waals surface area contributed by atoms with Gasteiger partial charge in [-0.25, -0.2) is 0 Å². The van der Waals surface area contributed by atoms with Gasteiger partial charge in [0.25, 0.3) is 0 Å². The van der Waals surface area contributed by atoms with Crippen molar-refractivity contribution in [1.29, 1.82) is 0 Å². The molecule has 2 nitrogen and oxygen atoms in total. The van der Waals surface area contributed by atoms with E-state index in [-0.39, 0.29) is 16.6 Å². The molecule has 0 spiro atoms. The fraction of sp³-hybridized carbons (Fsp3) is 0.625. The number of hydrogen-bond donors (Lipinski definition) is 0. The first-order valence-electron chi connectivity index (χ1n) is 4.04. The second-order valence-electron chi connectivity index (χ2n) is 3.32. The first-order valence-corrected chi connectivity index (χ1v) is 4.42. The molecule has 14 heavy (non-hydrogen) atoms. The Kier molecular flexibility index (Phi) is 2.81. The van der Waals surface area contributed by atoms with Gasteiger partial charge in [-0.1, -0.05) is 25.4 Å². The van der Waals surface area contributed by atoms with E-state index in [1.54, 1.807) is 13.8 Å². The van der Waals surface area contributed by atoms with Gasteiger partial charge in [-0.15, -0.1) is 0 Å². The van der Waals surface area contributed by atoms with Crippen LogP contribution in [0.1, 0.15) is 31.2 Å². The van der Waals surface area contributed by atoms with Crippen molar-refractivity contribution in [3.05, 3.63) is 16.4 Å². The van der Waals surface area contributed by atoms with Crippen molar-refractivity contribution in [2.45, 2.75) is 25.9 Å². The monoisotopic (exact) mass is 226 g/mol. The van der Waals surface area contributed by atoms with Gasteiger partial charge in [-0.3, -0.25) is 4.68 Å². The molecule has 0 saturated heterocycles. The molecule has 0 atom stereocenters. The standard InChI is InChI=1S/C8H10ClF3N2/c1-4(2)6-5(9)7(8(10,11)12)14(3)13-6/h4H,1-3H3. The first kappa shape index (κ1) is 11.4. The van der Waals surface area contributed by atoms with Gasteiger partial charge in [0.2, 0.25) is 0 Å². The minimum Gasteiger partial charge on any atom is -0.262 e. The molecular weight excluding hydrogens is 217 g/mol. The van der Waals surface area contributed by atoms with Crippen LogP contribution in [0.5, 0.6) is 0 Å². The minimum absolute atomic E-state index is 0.121. The highest BCUT2D eigenvalue weighted by Gasteiger charge is 2.39. The van der Waals surface area contributed by atoms with E-state index < -0.39 is 11.9 Å². The highest BCUT2D eigenvalue weighted by Crippen LogP contribution is 2.37. The Balaban J connectivity index is 3.33. The summed E-state index contributed by atoms with van der Waals surface area (Å²) in [7, 11) is 1.24. The smallest absolute Gasteiger partial charge is 0.262 e. The van der Waals surface area contributed by atoms with Gasteiger partial charge < -0.3 is 0 Å². The molecule has 1 rings (SSSR count). The zero-order chi connectivity index (χ0) is 11.1. The van der Waals surface area contributed by atoms with Crippen LogP contribution < -0.4 is 0 Å². The van der Waals surface area contributed by atoms with Crippen LogP contribution in [0, 0.1) is 0 Å². The third kappa shape index (κ3) is 1.87. The van der Waals surface area contributed by atoms with Crippen LogP contribution in [0.4, 0.5) is 13.2 Å². The minimum atomic E-state index is -4.45. The van der Waals surface area contributed by atoms with Crippen molar-refractivity contribution in [2.24, 2.45) is 7.05 Å². The molecule has 1 heterocycles. The number of aromatic nitrogens is 2. The molecule has 0 unspecified atom stereocenters. The number of nitrogens with zero attached hydrogens (tertiary/aromatic N) is 2. The van der Waals surface area contributed by atoms with E-state index in [9.17, 15) is 13.2 Å². The molecule has 0 saturated carbocycles. The van der Waals surface area contributed by atoms with Crippen molar-refractivity contribution in [3.63, 3.8) is 0 Å². The molecule has 0 fully saturated rings. The van der Waals surface area contributed by atoms with Crippen molar-refractivity contribution >= 4 is 11.6 Å². The van der Waals surface area contributed by atoms with Crippen molar-refractivity contribution in [1.82, 2.24) is 9.78 Å². The fourth-order valence-electron chi connectivity index (χ4n) is 1.20. The van der Waals surface area contributed by atoms with E-state index in [1.165, 1.54) is 7.05 Å². The van der Waals surface area contributed by atoms with Crippen LogP contribution in [0.25, 0.3) is 0 Å². The Morgan fingerprint density at radius 3 is 2.07 bits per heavy atom. The second kappa shape index (κ2) is 3.46. The van der Waals surface area contributed by atoms with E-state index in [2.05, 4.69) is 5.10 Å². The summed E-state index contributed by atoms with van der Waals surface area (Å²) in [6.45, 7) is 3.49. The van der Waals surface area contributed by atoms with Gasteiger partial charge in [-0.2, -0.15) is 18.3 Å². The van der Waals surface area contributed by atoms with Crippen molar-refractivity contribution in [3.8, 4) is 0 Å². The predicted molar refractivity (Wildman–Crippen MR) is 47.3 cm³/mol. The van der Waals surface area contributed by atoms with Gasteiger partial charge in [0.1, 0.15) is 0 Å². The zero-order valence-corrected chi connectivity index (χ0v) is 8.74. The second-order valence-corrected chi connectivity index (χ2v) is 3.70. The summed E-state index contributed by atoms with van der Waals surface area (Å²) >= 11 is 5.61. The summed E-state index contributed by atoms with van der Waals surface area (Å²) in [4.78, 5) is 0. The molecular formula is C8H10ClF3N2. The van der Waals surface area contributed by atoms with Crippen LogP contribution >= 0.6 is 11.6 Å². The normalized spacial score (nSPS) is 12.6. The van der Waals surface area contributed by atoms with Crippen molar-refractivity contribution in [2.75, 3.05) is 0 Å². The highest BCUT2D eigenvalue weighted by molar-refractivity contribution is 6.32. The molecule has 1 aromatic heterocycles. The molecule has 1 aromatic rings. The lowest BCUT2D eigenvalue weighted by Crippen LogP contribution is -2.12. The van der Waals surface area contributed by atoms with E-state index in [0.717, 1.165) is 4.68 Å². The van der Waals surface area contributed by atoms with Crippen LogP contribution in [0.3, 0.4) is 0 Å². The average molecular weight is 227 g/mol. The van der Waals surface area contributed by atoms with E-state index in [4.69, 9.17) is 11.6 Å². The summed E-state index contributed by atoms with van der Waals surface area (Å²) in [6.07, 6.45) is -4.45. The Morgan fingerprint density at radius 2 is 1.86 bits per heavy atom. The van der Waals surface area contributed by atoms with Crippen molar-refractivity contribution < 1.29 is 13.2 Å². The first-order chi connectivity index (χ1) is 6.25. The lowest BCUT2D eigenvalue weighted by atomic mass is 10.1. The molecule has 0 amide bonds. The molecule has 6 heteroatoms. The van der Waals surface area contributed by atoms with E-state index in [1.807, 2.05) is 0 Å². The largest absolute Gasteiger partial charge is 0.434 e. The SMILES string of the molecule is CC(C)c1nn(C)c(C(F)(F)F)c1Cl. The Bertz CT molecular complexity index is 341. The van der Waals surface area contributed by atoms with Crippen LogP contribution in [-0.2, 0) is 13.2 Å². The number of halogens is 4. The maximum Gasteiger partial charge on any atom is 0.434 e. The Morgan fingerprint density at radius 1 is 1.36 bits per heavy atom. The molecule has 0 aromatic carbocycles. The van der Waals surface area contributed by atoms with Gasteiger partial charge in [-0.05, 0) is 5.92 Å². The summed E-state index contributed by atoms with van der Waals surface area (Å²) in [5.41, 5.74) is -0.607. The zero-order valence-electron chi connectivity index (χ0n) is 7.98. The summed E-state index contributed by atoms with van der Waals surface area (Å²) in [5.74, 6) is -0.121. The summed E-state index contributed by atoms with van der Waals surface area (Å²) < 4.78 is 38.1. The maximum atomic E-state index is 12.4. The average Bonchev–Trinajstić information content (AvgIpc) is 2.24. The Labute approximate surface area is 84.7 Å². The van der Waals surface area contributed by atoms with E-state index >= 15 is 0 Å². The number of aryl methyl sites for hydroxylation is 1. The molecule has 0 radical (unpaired) electrons. The van der Waals surface area contributed by atoms with Gasteiger partial charge in [0.15, 0.2) is 5.69 Å². The number of rotatable bonds is 1. The molecule has 0 aliphatic heterocycles. The molecule has 0 aliphatic rings. The van der Waals surface area contributed by atoms with Gasteiger partial charge in [0, 0.05) is 7.05 Å². The molecule has 0 aliphatic carbocycles. The topological polar surface area (TPSA) is 17.8 Å². The molecule has 0 bridgehead atoms. The van der Waals surface area contributed by atoms with Crippen LogP contribution in [0.15, 0.2) is 0 Å².